The Labute approximate surface area is 149 Å². The van der Waals surface area contributed by atoms with Gasteiger partial charge in [0.15, 0.2) is 0 Å². The van der Waals surface area contributed by atoms with Gasteiger partial charge in [0.2, 0.25) is 0 Å². The molecule has 1 aliphatic rings. The Morgan fingerprint density at radius 1 is 1.23 bits per heavy atom. The standard InChI is InChI=1S/C20H18N2O4/c1-11-15(20(24)25)8-13(26-11)10-21-19(23)16-9-18(12-6-7-12)22-17-5-3-2-4-14(16)17/h2-5,8-9,12H,6-7,10H2,1H3,(H,21,23)(H,24,25). The highest BCUT2D eigenvalue weighted by atomic mass is 16.4. The SMILES string of the molecule is Cc1oc(CNC(=O)c2cc(C3CC3)nc3ccccc23)cc1C(=O)O. The lowest BCUT2D eigenvalue weighted by Crippen LogP contribution is -2.23. The van der Waals surface area contributed by atoms with E-state index in [9.17, 15) is 9.59 Å². The number of benzene rings is 1. The smallest absolute Gasteiger partial charge is 0.339 e. The number of carboxylic acid groups (broad SMARTS) is 1. The minimum atomic E-state index is -1.04. The molecule has 2 heterocycles. The van der Waals surface area contributed by atoms with Crippen LogP contribution in [0.3, 0.4) is 0 Å². The van der Waals surface area contributed by atoms with E-state index in [1.54, 1.807) is 6.92 Å². The van der Waals surface area contributed by atoms with Crippen LogP contribution in [0.15, 0.2) is 40.8 Å². The van der Waals surface area contributed by atoms with Gasteiger partial charge in [0, 0.05) is 17.0 Å². The summed E-state index contributed by atoms with van der Waals surface area (Å²) in [6.07, 6.45) is 2.21. The Morgan fingerprint density at radius 2 is 2.00 bits per heavy atom. The van der Waals surface area contributed by atoms with Gasteiger partial charge in [0.05, 0.1) is 17.6 Å². The van der Waals surface area contributed by atoms with Crippen LogP contribution in [0.4, 0.5) is 0 Å². The van der Waals surface area contributed by atoms with Crippen molar-refractivity contribution in [2.75, 3.05) is 0 Å². The summed E-state index contributed by atoms with van der Waals surface area (Å²) in [4.78, 5) is 28.5. The summed E-state index contributed by atoms with van der Waals surface area (Å²) in [6.45, 7) is 1.72. The van der Waals surface area contributed by atoms with Gasteiger partial charge in [0.25, 0.3) is 5.91 Å². The van der Waals surface area contributed by atoms with Crippen LogP contribution in [0.25, 0.3) is 10.9 Å². The zero-order valence-electron chi connectivity index (χ0n) is 14.3. The number of pyridine rings is 1. The summed E-state index contributed by atoms with van der Waals surface area (Å²) < 4.78 is 5.41. The molecule has 2 aromatic heterocycles. The van der Waals surface area contributed by atoms with Gasteiger partial charge >= 0.3 is 5.97 Å². The first-order chi connectivity index (χ1) is 12.5. The number of para-hydroxylation sites is 1. The van der Waals surface area contributed by atoms with Gasteiger partial charge in [-0.3, -0.25) is 9.78 Å². The molecule has 1 amide bonds. The molecule has 0 unspecified atom stereocenters. The van der Waals surface area contributed by atoms with Gasteiger partial charge in [0.1, 0.15) is 17.1 Å². The summed E-state index contributed by atoms with van der Waals surface area (Å²) in [6, 6.07) is 10.9. The fourth-order valence-corrected chi connectivity index (χ4v) is 3.08. The zero-order chi connectivity index (χ0) is 18.3. The second-order valence-corrected chi connectivity index (χ2v) is 6.56. The largest absolute Gasteiger partial charge is 0.478 e. The van der Waals surface area contributed by atoms with Crippen molar-refractivity contribution in [3.8, 4) is 0 Å². The van der Waals surface area contributed by atoms with Crippen LogP contribution in [0.2, 0.25) is 0 Å². The van der Waals surface area contributed by atoms with Gasteiger partial charge in [-0.15, -0.1) is 0 Å². The van der Waals surface area contributed by atoms with Crippen LogP contribution >= 0.6 is 0 Å². The number of hydrogen-bond donors (Lipinski definition) is 2. The number of amides is 1. The molecule has 1 fully saturated rings. The lowest BCUT2D eigenvalue weighted by Gasteiger charge is -2.09. The molecule has 6 heteroatoms. The van der Waals surface area contributed by atoms with Gasteiger partial charge in [-0.05, 0) is 38.0 Å². The van der Waals surface area contributed by atoms with E-state index in [0.29, 0.717) is 23.0 Å². The van der Waals surface area contributed by atoms with Crippen molar-refractivity contribution in [2.45, 2.75) is 32.2 Å². The summed E-state index contributed by atoms with van der Waals surface area (Å²) in [5.41, 5.74) is 2.46. The first-order valence-corrected chi connectivity index (χ1v) is 8.53. The fourth-order valence-electron chi connectivity index (χ4n) is 3.08. The number of nitrogens with zero attached hydrogens (tertiary/aromatic N) is 1. The third-order valence-electron chi connectivity index (χ3n) is 4.60. The Morgan fingerprint density at radius 3 is 2.69 bits per heavy atom. The molecule has 3 aromatic rings. The van der Waals surface area contributed by atoms with Gasteiger partial charge < -0.3 is 14.8 Å². The number of furan rings is 1. The van der Waals surface area contributed by atoms with Crippen LogP contribution in [0.5, 0.6) is 0 Å². The van der Waals surface area contributed by atoms with E-state index in [1.165, 1.54) is 6.07 Å². The lowest BCUT2D eigenvalue weighted by molar-refractivity contribution is 0.0694. The van der Waals surface area contributed by atoms with E-state index in [-0.39, 0.29) is 18.0 Å². The van der Waals surface area contributed by atoms with Crippen molar-refractivity contribution in [1.82, 2.24) is 10.3 Å². The second kappa shape index (κ2) is 6.29. The van der Waals surface area contributed by atoms with Crippen LogP contribution < -0.4 is 5.32 Å². The first-order valence-electron chi connectivity index (χ1n) is 8.53. The van der Waals surface area contributed by atoms with Gasteiger partial charge in [-0.2, -0.15) is 0 Å². The van der Waals surface area contributed by atoms with E-state index in [2.05, 4.69) is 10.3 Å². The number of rotatable bonds is 5. The van der Waals surface area contributed by atoms with E-state index in [1.807, 2.05) is 30.3 Å². The average Bonchev–Trinajstić information content (AvgIpc) is 3.41. The minimum absolute atomic E-state index is 0.111. The minimum Gasteiger partial charge on any atom is -0.478 e. The number of carboxylic acids is 1. The molecule has 6 nitrogen and oxygen atoms in total. The number of aromatic carboxylic acids is 1. The highest BCUT2D eigenvalue weighted by Gasteiger charge is 2.27. The number of fused-ring (bicyclic) bond motifs is 1. The number of carbonyl (C=O) groups is 2. The number of hydrogen-bond acceptors (Lipinski definition) is 4. The van der Waals surface area contributed by atoms with Crippen molar-refractivity contribution in [2.24, 2.45) is 0 Å². The molecule has 0 atom stereocenters. The molecular weight excluding hydrogens is 332 g/mol. The number of carbonyl (C=O) groups excluding carboxylic acids is 1. The first kappa shape index (κ1) is 16.3. The third-order valence-corrected chi connectivity index (χ3v) is 4.60. The molecule has 4 rings (SSSR count). The highest BCUT2D eigenvalue weighted by molar-refractivity contribution is 6.06. The van der Waals surface area contributed by atoms with Crippen molar-refractivity contribution in [3.05, 3.63) is 64.7 Å². The third kappa shape index (κ3) is 3.06. The topological polar surface area (TPSA) is 92.4 Å². The second-order valence-electron chi connectivity index (χ2n) is 6.56. The molecule has 0 spiro atoms. The molecule has 1 aliphatic carbocycles. The Kier molecular flexibility index (Phi) is 3.95. The Bertz CT molecular complexity index is 1020. The molecular formula is C20H18N2O4. The molecule has 1 saturated carbocycles. The number of nitrogens with one attached hydrogen (secondary N) is 1. The number of aryl methyl sites for hydroxylation is 1. The number of aromatic nitrogens is 1. The van der Waals surface area contributed by atoms with Crippen LogP contribution in [-0.2, 0) is 6.54 Å². The summed E-state index contributed by atoms with van der Waals surface area (Å²) in [5, 5.41) is 12.7. The molecule has 0 saturated heterocycles. The predicted molar refractivity (Wildman–Crippen MR) is 95.3 cm³/mol. The normalized spacial score (nSPS) is 13.7. The summed E-state index contributed by atoms with van der Waals surface area (Å²) >= 11 is 0. The molecule has 0 radical (unpaired) electrons. The molecule has 0 aliphatic heterocycles. The monoisotopic (exact) mass is 350 g/mol. The molecule has 26 heavy (non-hydrogen) atoms. The van der Waals surface area contributed by atoms with E-state index in [4.69, 9.17) is 9.52 Å². The van der Waals surface area contributed by atoms with Gasteiger partial charge in [-0.1, -0.05) is 18.2 Å². The van der Waals surface area contributed by atoms with E-state index in [0.717, 1.165) is 29.4 Å². The summed E-state index contributed by atoms with van der Waals surface area (Å²) in [5.74, 6) is -0.0902. The van der Waals surface area contributed by atoms with Crippen LogP contribution in [0, 0.1) is 6.92 Å². The average molecular weight is 350 g/mol. The lowest BCUT2D eigenvalue weighted by atomic mass is 10.1. The maximum absolute atomic E-state index is 12.8. The fraction of sp³-hybridized carbons (Fsp3) is 0.250. The highest BCUT2D eigenvalue weighted by Crippen LogP contribution is 2.40. The maximum Gasteiger partial charge on any atom is 0.339 e. The predicted octanol–water partition coefficient (Wildman–Crippen LogP) is 3.64. The summed E-state index contributed by atoms with van der Waals surface area (Å²) in [7, 11) is 0. The maximum atomic E-state index is 12.8. The molecule has 2 N–H and O–H groups in total. The van der Waals surface area contributed by atoms with Crippen molar-refractivity contribution in [3.63, 3.8) is 0 Å². The zero-order valence-corrected chi connectivity index (χ0v) is 14.3. The van der Waals surface area contributed by atoms with Crippen LogP contribution in [0.1, 0.15) is 56.7 Å². The van der Waals surface area contributed by atoms with Crippen molar-refractivity contribution in [1.29, 1.82) is 0 Å². The van der Waals surface area contributed by atoms with Crippen molar-refractivity contribution < 1.29 is 19.1 Å². The van der Waals surface area contributed by atoms with E-state index < -0.39 is 5.97 Å². The quantitative estimate of drug-likeness (QED) is 0.733. The van der Waals surface area contributed by atoms with E-state index >= 15 is 0 Å². The van der Waals surface area contributed by atoms with Crippen molar-refractivity contribution >= 4 is 22.8 Å². The molecule has 0 bridgehead atoms. The van der Waals surface area contributed by atoms with Crippen LogP contribution in [-0.4, -0.2) is 22.0 Å². The Hall–Kier alpha value is -3.15. The molecule has 1 aromatic carbocycles. The van der Waals surface area contributed by atoms with Gasteiger partial charge in [-0.25, -0.2) is 4.79 Å². The molecule has 132 valence electrons. The Balaban J connectivity index is 1.60.